The van der Waals surface area contributed by atoms with Crippen LogP contribution in [0.5, 0.6) is 0 Å². The van der Waals surface area contributed by atoms with E-state index < -0.39 is 6.04 Å². The van der Waals surface area contributed by atoms with Crippen LogP contribution in [0.4, 0.5) is 0 Å². The molecule has 0 spiro atoms. The molecule has 0 bridgehead atoms. The number of aliphatic hydroxyl groups is 1. The molecule has 6 nitrogen and oxygen atoms in total. The third kappa shape index (κ3) is 3.40. The maximum atomic E-state index is 13.0. The molecule has 0 unspecified atom stereocenters. The summed E-state index contributed by atoms with van der Waals surface area (Å²) in [6, 6.07) is 13.4. The molecule has 1 fully saturated rings. The molecule has 2 aliphatic heterocycles. The number of carbonyl (C=O) groups is 1. The van der Waals surface area contributed by atoms with Crippen LogP contribution in [-0.2, 0) is 22.5 Å². The molecule has 0 radical (unpaired) electrons. The number of nitrogens with zero attached hydrogens (tertiary/aromatic N) is 2. The second-order valence-corrected chi connectivity index (χ2v) is 8.03. The minimum Gasteiger partial charge on any atom is -0.468 e. The topological polar surface area (TPSA) is 71.8 Å². The number of pyridine rings is 1. The number of aromatic nitrogens is 1. The highest BCUT2D eigenvalue weighted by Gasteiger charge is 2.55. The minimum absolute atomic E-state index is 0.0107. The highest BCUT2D eigenvalue weighted by atomic mass is 16.5. The number of benzene rings is 1. The number of hydrogen-bond donors (Lipinski definition) is 1. The van der Waals surface area contributed by atoms with Crippen molar-refractivity contribution in [3.05, 3.63) is 75.7 Å². The van der Waals surface area contributed by atoms with Crippen molar-refractivity contribution in [3.63, 3.8) is 0 Å². The molecule has 4 atom stereocenters. The summed E-state index contributed by atoms with van der Waals surface area (Å²) in [5, 5.41) is 10.2. The predicted molar refractivity (Wildman–Crippen MR) is 115 cm³/mol. The van der Waals surface area contributed by atoms with E-state index in [1.54, 1.807) is 0 Å². The van der Waals surface area contributed by atoms with Gasteiger partial charge in [0, 0.05) is 42.8 Å². The highest BCUT2D eigenvalue weighted by molar-refractivity contribution is 5.77. The Morgan fingerprint density at radius 3 is 2.67 bits per heavy atom. The van der Waals surface area contributed by atoms with Crippen LogP contribution in [-0.4, -0.2) is 46.8 Å². The van der Waals surface area contributed by atoms with Crippen molar-refractivity contribution in [2.24, 2.45) is 11.8 Å². The number of carbonyl (C=O) groups excluding carboxylic acids is 1. The molecule has 4 rings (SSSR count). The summed E-state index contributed by atoms with van der Waals surface area (Å²) in [6.07, 6.45) is 4.45. The Morgan fingerprint density at radius 1 is 1.23 bits per heavy atom. The van der Waals surface area contributed by atoms with Gasteiger partial charge in [0.1, 0.15) is 6.04 Å². The molecule has 0 amide bonds. The first-order valence-electron chi connectivity index (χ1n) is 10.5. The molecule has 1 N–H and O–H groups in total. The van der Waals surface area contributed by atoms with E-state index >= 15 is 0 Å². The smallest absolute Gasteiger partial charge is 0.323 e. The van der Waals surface area contributed by atoms with Crippen LogP contribution in [0, 0.1) is 11.8 Å². The first-order chi connectivity index (χ1) is 14.6. The van der Waals surface area contributed by atoms with Gasteiger partial charge in [0.05, 0.1) is 13.2 Å². The van der Waals surface area contributed by atoms with E-state index in [2.05, 4.69) is 17.0 Å². The first-order valence-corrected chi connectivity index (χ1v) is 10.5. The summed E-state index contributed by atoms with van der Waals surface area (Å²) in [7, 11) is 1.39. The molecular weight excluding hydrogens is 380 g/mol. The van der Waals surface area contributed by atoms with Crippen LogP contribution < -0.4 is 5.56 Å². The number of hydrogen-bond acceptors (Lipinski definition) is 5. The zero-order valence-electron chi connectivity index (χ0n) is 17.4. The first kappa shape index (κ1) is 20.6. The number of fused-ring (bicyclic) bond motifs is 3. The predicted octanol–water partition coefficient (Wildman–Crippen LogP) is 2.26. The van der Waals surface area contributed by atoms with E-state index in [4.69, 9.17) is 4.74 Å². The summed E-state index contributed by atoms with van der Waals surface area (Å²) in [4.78, 5) is 27.8. The number of aliphatic hydroxyl groups excluding tert-OH is 1. The Labute approximate surface area is 176 Å². The highest BCUT2D eigenvalue weighted by Crippen LogP contribution is 2.49. The SMILES string of the molecule is C/C=C/c1ccc2n(c1=O)C[C@H]1[C@H](CO)[C@@H](C(=O)OC)N(CCc3ccccc3)[C@@H]21. The Hall–Kier alpha value is -2.70. The van der Waals surface area contributed by atoms with E-state index in [-0.39, 0.29) is 36.0 Å². The molecule has 2 aliphatic rings. The third-order valence-electron chi connectivity index (χ3n) is 6.51. The average molecular weight is 408 g/mol. The Kier molecular flexibility index (Phi) is 5.88. The fourth-order valence-electron chi connectivity index (χ4n) is 5.18. The number of ether oxygens (including phenoxy) is 1. The molecule has 0 aliphatic carbocycles. The van der Waals surface area contributed by atoms with E-state index in [9.17, 15) is 14.7 Å². The monoisotopic (exact) mass is 408 g/mol. The molecule has 1 aromatic heterocycles. The van der Waals surface area contributed by atoms with Crippen molar-refractivity contribution in [1.29, 1.82) is 0 Å². The summed E-state index contributed by atoms with van der Waals surface area (Å²) >= 11 is 0. The van der Waals surface area contributed by atoms with E-state index in [0.29, 0.717) is 18.7 Å². The fourth-order valence-corrected chi connectivity index (χ4v) is 5.18. The molecule has 158 valence electrons. The Morgan fingerprint density at radius 2 is 2.00 bits per heavy atom. The number of methoxy groups -OCH3 is 1. The Balaban J connectivity index is 1.73. The van der Waals surface area contributed by atoms with Crippen LogP contribution in [0.2, 0.25) is 0 Å². The molecule has 3 heterocycles. The molecule has 1 saturated heterocycles. The van der Waals surface area contributed by atoms with Gasteiger partial charge in [0.2, 0.25) is 0 Å². The second kappa shape index (κ2) is 8.58. The van der Waals surface area contributed by atoms with Gasteiger partial charge in [-0.3, -0.25) is 14.5 Å². The van der Waals surface area contributed by atoms with Crippen LogP contribution in [0.25, 0.3) is 6.08 Å². The lowest BCUT2D eigenvalue weighted by atomic mass is 9.88. The normalized spacial score (nSPS) is 25.4. The van der Waals surface area contributed by atoms with E-state index in [0.717, 1.165) is 12.1 Å². The van der Waals surface area contributed by atoms with Gasteiger partial charge < -0.3 is 14.4 Å². The fraction of sp³-hybridized carbons (Fsp3) is 0.417. The Bertz CT molecular complexity index is 998. The van der Waals surface area contributed by atoms with Gasteiger partial charge >= 0.3 is 5.97 Å². The maximum absolute atomic E-state index is 13.0. The molecule has 1 aromatic carbocycles. The molecule has 30 heavy (non-hydrogen) atoms. The van der Waals surface area contributed by atoms with E-state index in [1.165, 1.54) is 12.7 Å². The van der Waals surface area contributed by atoms with Crippen molar-refractivity contribution in [1.82, 2.24) is 9.47 Å². The standard InChI is InChI=1S/C24H28N2O4/c1-3-7-17-10-11-20-21-18(14-26(20)23(17)28)19(15-27)22(24(29)30-2)25(21)13-12-16-8-5-4-6-9-16/h3-11,18-19,21-22,27H,12-15H2,1-2H3/b7-3+/t18-,19-,21+,22-/m0/s1. The van der Waals surface area contributed by atoms with Crippen LogP contribution in [0.3, 0.4) is 0 Å². The quantitative estimate of drug-likeness (QED) is 0.743. The van der Waals surface area contributed by atoms with Gasteiger partial charge in [0.15, 0.2) is 0 Å². The van der Waals surface area contributed by atoms with Crippen molar-refractivity contribution in [2.75, 3.05) is 20.3 Å². The number of rotatable bonds is 6. The lowest BCUT2D eigenvalue weighted by Gasteiger charge is -2.29. The molecular formula is C24H28N2O4. The summed E-state index contributed by atoms with van der Waals surface area (Å²) < 4.78 is 6.92. The van der Waals surface area contributed by atoms with Crippen LogP contribution in [0.15, 0.2) is 53.3 Å². The average Bonchev–Trinajstić information content (AvgIpc) is 3.29. The van der Waals surface area contributed by atoms with Gasteiger partial charge in [-0.25, -0.2) is 0 Å². The summed E-state index contributed by atoms with van der Waals surface area (Å²) in [5.41, 5.74) is 2.73. The van der Waals surface area contributed by atoms with Crippen molar-refractivity contribution in [2.45, 2.75) is 32.0 Å². The lowest BCUT2D eigenvalue weighted by Crippen LogP contribution is -2.44. The molecule has 6 heteroatoms. The van der Waals surface area contributed by atoms with Gasteiger partial charge in [-0.05, 0) is 31.0 Å². The third-order valence-corrected chi connectivity index (χ3v) is 6.51. The van der Waals surface area contributed by atoms with Gasteiger partial charge in [-0.1, -0.05) is 42.5 Å². The van der Waals surface area contributed by atoms with E-state index in [1.807, 2.05) is 54.0 Å². The van der Waals surface area contributed by atoms with Crippen LogP contribution >= 0.6 is 0 Å². The largest absolute Gasteiger partial charge is 0.468 e. The summed E-state index contributed by atoms with van der Waals surface area (Å²) in [6.45, 7) is 2.92. The second-order valence-electron chi connectivity index (χ2n) is 8.03. The summed E-state index contributed by atoms with van der Waals surface area (Å²) in [5.74, 6) is -0.609. The van der Waals surface area contributed by atoms with Gasteiger partial charge in [-0.15, -0.1) is 0 Å². The number of allylic oxidation sites excluding steroid dienone is 1. The minimum atomic E-state index is -0.516. The number of likely N-dealkylation sites (tertiary alicyclic amines) is 1. The molecule has 0 saturated carbocycles. The van der Waals surface area contributed by atoms with Crippen molar-refractivity contribution in [3.8, 4) is 0 Å². The van der Waals surface area contributed by atoms with Crippen molar-refractivity contribution < 1.29 is 14.6 Å². The lowest BCUT2D eigenvalue weighted by molar-refractivity contribution is -0.148. The zero-order valence-corrected chi connectivity index (χ0v) is 17.4. The van der Waals surface area contributed by atoms with Crippen molar-refractivity contribution >= 4 is 12.0 Å². The molecule has 2 aromatic rings. The maximum Gasteiger partial charge on any atom is 0.323 e. The number of esters is 1. The van der Waals surface area contributed by atoms with Crippen LogP contribution in [0.1, 0.15) is 29.8 Å². The zero-order chi connectivity index (χ0) is 21.3. The van der Waals surface area contributed by atoms with Gasteiger partial charge in [-0.2, -0.15) is 0 Å². The van der Waals surface area contributed by atoms with Gasteiger partial charge in [0.25, 0.3) is 5.56 Å².